The summed E-state index contributed by atoms with van der Waals surface area (Å²) in [6.45, 7) is 0. The van der Waals surface area contributed by atoms with Gasteiger partial charge >= 0.3 is 0 Å². The average molecular weight is 661 g/mol. The highest BCUT2D eigenvalue weighted by Crippen LogP contribution is 2.34. The van der Waals surface area contributed by atoms with E-state index < -0.39 is 17.1 Å². The molecule has 1 unspecified atom stereocenters. The lowest BCUT2D eigenvalue weighted by Crippen LogP contribution is -2.31. The van der Waals surface area contributed by atoms with Crippen LogP contribution in [0.25, 0.3) is 6.08 Å². The lowest BCUT2D eigenvalue weighted by molar-refractivity contribution is -0.121. The maximum Gasteiger partial charge on any atom is 0.272 e. The van der Waals surface area contributed by atoms with E-state index in [1.807, 2.05) is 0 Å². The molecule has 4 amide bonds. The maximum absolute atomic E-state index is 13.3. The minimum atomic E-state index is -0.552. The Morgan fingerprint density at radius 1 is 0.881 bits per heavy atom. The Balaban J connectivity index is 1.27. The molecular formula is C32H23BrClN3O4S. The fourth-order valence-electron chi connectivity index (χ4n) is 4.21. The molecule has 210 valence electrons. The second kappa shape index (κ2) is 13.2. The predicted octanol–water partition coefficient (Wildman–Crippen LogP) is 6.94. The number of carbonyl (C=O) groups is 4. The lowest BCUT2D eigenvalue weighted by atomic mass is 10.1. The summed E-state index contributed by atoms with van der Waals surface area (Å²) >= 11 is 10.6. The molecule has 7 nitrogen and oxygen atoms in total. The summed E-state index contributed by atoms with van der Waals surface area (Å²) in [5, 5.41) is 5.51. The standard InChI is InChI=1S/C32H23BrClN3O4S/c33-22-8-14-25(15-9-22)37-29(38)19-28(32(37)41)42-26-16-12-24(13-17-26)35-31(40)27(18-20-6-10-23(34)11-7-20)36-30(39)21-4-2-1-3-5-21/h1-18,28H,19H2,(H,35,40)(H,36,39)/b27-18-. The third-order valence-corrected chi connectivity index (χ3v) is 8.27. The smallest absolute Gasteiger partial charge is 0.272 e. The van der Waals surface area contributed by atoms with E-state index in [0.717, 1.165) is 9.37 Å². The summed E-state index contributed by atoms with van der Waals surface area (Å²) in [7, 11) is 0. The van der Waals surface area contributed by atoms with E-state index in [1.54, 1.807) is 109 Å². The fourth-order valence-corrected chi connectivity index (χ4v) is 5.65. The van der Waals surface area contributed by atoms with Gasteiger partial charge in [0.05, 0.1) is 10.9 Å². The Hall–Kier alpha value is -4.18. The van der Waals surface area contributed by atoms with E-state index in [9.17, 15) is 19.2 Å². The first-order chi connectivity index (χ1) is 20.3. The molecule has 10 heteroatoms. The van der Waals surface area contributed by atoms with Gasteiger partial charge in [-0.3, -0.25) is 19.2 Å². The van der Waals surface area contributed by atoms with Crippen LogP contribution < -0.4 is 15.5 Å². The van der Waals surface area contributed by atoms with Crippen LogP contribution in [0.3, 0.4) is 0 Å². The van der Waals surface area contributed by atoms with Crippen LogP contribution in [-0.2, 0) is 14.4 Å². The van der Waals surface area contributed by atoms with E-state index >= 15 is 0 Å². The van der Waals surface area contributed by atoms with Crippen molar-refractivity contribution in [3.63, 3.8) is 0 Å². The Morgan fingerprint density at radius 3 is 2.21 bits per heavy atom. The third-order valence-electron chi connectivity index (χ3n) is 6.29. The van der Waals surface area contributed by atoms with Crippen molar-refractivity contribution in [2.75, 3.05) is 10.2 Å². The lowest BCUT2D eigenvalue weighted by Gasteiger charge is -2.15. The normalized spacial score (nSPS) is 15.0. The van der Waals surface area contributed by atoms with Crippen molar-refractivity contribution in [2.45, 2.75) is 16.6 Å². The highest BCUT2D eigenvalue weighted by atomic mass is 79.9. The quantitative estimate of drug-likeness (QED) is 0.158. The van der Waals surface area contributed by atoms with Crippen LogP contribution in [0, 0.1) is 0 Å². The summed E-state index contributed by atoms with van der Waals surface area (Å²) in [4.78, 5) is 53.7. The first-order valence-corrected chi connectivity index (χ1v) is 14.9. The number of rotatable bonds is 8. The van der Waals surface area contributed by atoms with E-state index in [4.69, 9.17) is 11.6 Å². The first-order valence-electron chi connectivity index (χ1n) is 12.8. The molecule has 0 aliphatic carbocycles. The zero-order valence-corrected chi connectivity index (χ0v) is 25.1. The van der Waals surface area contributed by atoms with Gasteiger partial charge in [0.2, 0.25) is 11.8 Å². The zero-order chi connectivity index (χ0) is 29.6. The Labute approximate surface area is 260 Å². The minimum Gasteiger partial charge on any atom is -0.321 e. The largest absolute Gasteiger partial charge is 0.321 e. The van der Waals surface area contributed by atoms with Crippen LogP contribution in [0.2, 0.25) is 5.02 Å². The number of nitrogens with one attached hydrogen (secondary N) is 2. The molecule has 5 rings (SSSR count). The van der Waals surface area contributed by atoms with E-state index in [-0.39, 0.29) is 23.9 Å². The summed E-state index contributed by atoms with van der Waals surface area (Å²) in [5.41, 5.74) is 2.17. The number of nitrogens with zero attached hydrogens (tertiary/aromatic N) is 1. The van der Waals surface area contributed by atoms with Gasteiger partial charge in [-0.25, -0.2) is 4.90 Å². The summed E-state index contributed by atoms with van der Waals surface area (Å²) in [5.74, 6) is -1.46. The molecule has 42 heavy (non-hydrogen) atoms. The molecule has 1 saturated heterocycles. The van der Waals surface area contributed by atoms with Gasteiger partial charge < -0.3 is 10.6 Å². The van der Waals surface area contributed by atoms with Crippen molar-refractivity contribution in [3.8, 4) is 0 Å². The number of hydrogen-bond donors (Lipinski definition) is 2. The molecule has 0 spiro atoms. The molecular weight excluding hydrogens is 638 g/mol. The van der Waals surface area contributed by atoms with Crippen molar-refractivity contribution in [2.24, 2.45) is 0 Å². The Morgan fingerprint density at radius 2 is 1.55 bits per heavy atom. The summed E-state index contributed by atoms with van der Waals surface area (Å²) in [6.07, 6.45) is 1.66. The maximum atomic E-state index is 13.3. The number of imide groups is 1. The third kappa shape index (κ3) is 7.17. The second-order valence-corrected chi connectivity index (χ2v) is 11.9. The van der Waals surface area contributed by atoms with Gasteiger partial charge in [-0.1, -0.05) is 57.9 Å². The number of carbonyl (C=O) groups excluding carboxylic acids is 4. The number of hydrogen-bond acceptors (Lipinski definition) is 5. The van der Waals surface area contributed by atoms with Crippen LogP contribution in [-0.4, -0.2) is 28.9 Å². The van der Waals surface area contributed by atoms with Crippen LogP contribution in [0.4, 0.5) is 11.4 Å². The highest BCUT2D eigenvalue weighted by molar-refractivity contribution is 9.10. The molecule has 1 aliphatic rings. The summed E-state index contributed by atoms with van der Waals surface area (Å²) in [6, 6.07) is 29.4. The molecule has 2 N–H and O–H groups in total. The van der Waals surface area contributed by atoms with Crippen LogP contribution >= 0.6 is 39.3 Å². The molecule has 0 aromatic heterocycles. The van der Waals surface area contributed by atoms with Crippen molar-refractivity contribution in [1.82, 2.24) is 5.32 Å². The Bertz CT molecular complexity index is 1660. The highest BCUT2D eigenvalue weighted by Gasteiger charge is 2.40. The zero-order valence-electron chi connectivity index (χ0n) is 21.9. The topological polar surface area (TPSA) is 95.6 Å². The summed E-state index contributed by atoms with van der Waals surface area (Å²) < 4.78 is 0.856. The molecule has 0 radical (unpaired) electrons. The SMILES string of the molecule is O=C(Nc1ccc(SC2CC(=O)N(c3ccc(Br)cc3)C2=O)cc1)/C(=C/c1ccc(Cl)cc1)NC(=O)c1ccccc1. The number of amides is 4. The molecule has 4 aromatic carbocycles. The fraction of sp³-hybridized carbons (Fsp3) is 0.0625. The van der Waals surface area contributed by atoms with Gasteiger partial charge in [-0.15, -0.1) is 11.8 Å². The molecule has 1 atom stereocenters. The van der Waals surface area contributed by atoms with Crippen LogP contribution in [0.15, 0.2) is 118 Å². The van der Waals surface area contributed by atoms with Crippen molar-refractivity contribution < 1.29 is 19.2 Å². The van der Waals surface area contributed by atoms with Crippen LogP contribution in [0.5, 0.6) is 0 Å². The van der Waals surface area contributed by atoms with Crippen molar-refractivity contribution in [1.29, 1.82) is 0 Å². The van der Waals surface area contributed by atoms with Crippen molar-refractivity contribution in [3.05, 3.63) is 129 Å². The number of thioether (sulfide) groups is 1. The monoisotopic (exact) mass is 659 g/mol. The number of halogens is 2. The van der Waals surface area contributed by atoms with Gasteiger partial charge in [-0.05, 0) is 84.4 Å². The molecule has 4 aromatic rings. The molecule has 1 aliphatic heterocycles. The molecule has 1 heterocycles. The van der Waals surface area contributed by atoms with Gasteiger partial charge in [0.25, 0.3) is 11.8 Å². The average Bonchev–Trinajstić information content (AvgIpc) is 3.27. The molecule has 0 bridgehead atoms. The van der Waals surface area contributed by atoms with Gasteiger partial charge in [0, 0.05) is 32.1 Å². The first kappa shape index (κ1) is 29.3. The van der Waals surface area contributed by atoms with E-state index in [2.05, 4.69) is 26.6 Å². The minimum absolute atomic E-state index is 0.0488. The van der Waals surface area contributed by atoms with E-state index in [1.165, 1.54) is 16.7 Å². The molecule has 1 fully saturated rings. The van der Waals surface area contributed by atoms with Crippen LogP contribution in [0.1, 0.15) is 22.3 Å². The van der Waals surface area contributed by atoms with E-state index in [0.29, 0.717) is 27.5 Å². The molecule has 0 saturated carbocycles. The van der Waals surface area contributed by atoms with Gasteiger partial charge in [0.15, 0.2) is 0 Å². The number of anilines is 2. The number of benzene rings is 4. The van der Waals surface area contributed by atoms with Crippen molar-refractivity contribution >= 4 is 80.4 Å². The second-order valence-electron chi connectivity index (χ2n) is 9.26. The van der Waals surface area contributed by atoms with Gasteiger partial charge in [0.1, 0.15) is 5.70 Å². The Kier molecular flexibility index (Phi) is 9.22. The predicted molar refractivity (Wildman–Crippen MR) is 169 cm³/mol. The van der Waals surface area contributed by atoms with Gasteiger partial charge in [-0.2, -0.15) is 0 Å².